The summed E-state index contributed by atoms with van der Waals surface area (Å²) in [5, 5.41) is 8.61. The van der Waals surface area contributed by atoms with Crippen LogP contribution in [0.1, 0.15) is 5.56 Å². The first-order chi connectivity index (χ1) is 14.4. The standard InChI is InChI=1S/C22H17N7/c1-2-7-19-18(6-1)22(28-21(27-19)17-5-3-10-23-15-17)25-14-16-8-9-20(24-13-16)29-12-4-11-26-29/h1-13,15H,14H2,(H,25,27,28). The molecule has 0 bridgehead atoms. The van der Waals surface area contributed by atoms with E-state index in [0.717, 1.165) is 33.7 Å². The van der Waals surface area contributed by atoms with Gasteiger partial charge in [0.2, 0.25) is 0 Å². The van der Waals surface area contributed by atoms with Crippen molar-refractivity contribution >= 4 is 16.7 Å². The molecule has 0 spiro atoms. The lowest BCUT2D eigenvalue weighted by molar-refractivity contribution is 0.843. The Bertz CT molecular complexity index is 1230. The molecular weight excluding hydrogens is 362 g/mol. The van der Waals surface area contributed by atoms with Gasteiger partial charge in [0.1, 0.15) is 5.82 Å². The molecule has 5 aromatic rings. The van der Waals surface area contributed by atoms with Crippen molar-refractivity contribution in [2.24, 2.45) is 0 Å². The second-order valence-electron chi connectivity index (χ2n) is 6.48. The molecule has 0 saturated heterocycles. The average Bonchev–Trinajstić information content (AvgIpc) is 3.33. The summed E-state index contributed by atoms with van der Waals surface area (Å²) in [6.45, 7) is 0.597. The zero-order valence-corrected chi connectivity index (χ0v) is 15.5. The molecule has 5 rings (SSSR count). The fourth-order valence-corrected chi connectivity index (χ4v) is 3.08. The van der Waals surface area contributed by atoms with E-state index in [-0.39, 0.29) is 0 Å². The topological polar surface area (TPSA) is 81.4 Å². The van der Waals surface area contributed by atoms with Crippen LogP contribution in [-0.4, -0.2) is 29.7 Å². The van der Waals surface area contributed by atoms with E-state index in [1.54, 1.807) is 23.3 Å². The number of para-hydroxylation sites is 1. The minimum absolute atomic E-state index is 0.597. The van der Waals surface area contributed by atoms with E-state index in [1.165, 1.54) is 0 Å². The molecule has 0 amide bonds. The Morgan fingerprint density at radius 3 is 2.62 bits per heavy atom. The monoisotopic (exact) mass is 379 g/mol. The maximum absolute atomic E-state index is 4.75. The molecule has 4 aromatic heterocycles. The second kappa shape index (κ2) is 7.47. The van der Waals surface area contributed by atoms with E-state index in [1.807, 2.05) is 67.0 Å². The number of benzene rings is 1. The highest BCUT2D eigenvalue weighted by molar-refractivity contribution is 5.90. The molecule has 29 heavy (non-hydrogen) atoms. The molecule has 0 aliphatic heterocycles. The highest BCUT2D eigenvalue weighted by Crippen LogP contribution is 2.24. The molecule has 140 valence electrons. The molecule has 1 N–H and O–H groups in total. The molecule has 0 fully saturated rings. The van der Waals surface area contributed by atoms with Crippen molar-refractivity contribution in [2.45, 2.75) is 6.54 Å². The normalized spacial score (nSPS) is 10.9. The van der Waals surface area contributed by atoms with Gasteiger partial charge >= 0.3 is 0 Å². The summed E-state index contributed by atoms with van der Waals surface area (Å²) in [5.74, 6) is 2.21. The van der Waals surface area contributed by atoms with Gasteiger partial charge in [-0.2, -0.15) is 5.10 Å². The first-order valence-corrected chi connectivity index (χ1v) is 9.23. The highest BCUT2D eigenvalue weighted by Gasteiger charge is 2.09. The Balaban J connectivity index is 1.44. The van der Waals surface area contributed by atoms with Crippen molar-refractivity contribution in [3.63, 3.8) is 0 Å². The van der Waals surface area contributed by atoms with Gasteiger partial charge in [-0.1, -0.05) is 18.2 Å². The number of hydrogen-bond donors (Lipinski definition) is 1. The van der Waals surface area contributed by atoms with E-state index in [0.29, 0.717) is 12.4 Å². The van der Waals surface area contributed by atoms with Crippen molar-refractivity contribution in [3.8, 4) is 17.2 Å². The molecule has 0 saturated carbocycles. The molecule has 7 nitrogen and oxygen atoms in total. The van der Waals surface area contributed by atoms with Crippen LogP contribution in [0.25, 0.3) is 28.1 Å². The first-order valence-electron chi connectivity index (χ1n) is 9.23. The number of aromatic nitrogens is 6. The summed E-state index contributed by atoms with van der Waals surface area (Å²) in [6.07, 6.45) is 8.95. The van der Waals surface area contributed by atoms with Crippen molar-refractivity contribution in [3.05, 3.63) is 91.1 Å². The third-order valence-corrected chi connectivity index (χ3v) is 4.53. The Morgan fingerprint density at radius 2 is 1.83 bits per heavy atom. The third-order valence-electron chi connectivity index (χ3n) is 4.53. The number of hydrogen-bond acceptors (Lipinski definition) is 6. The largest absolute Gasteiger partial charge is 0.365 e. The number of fused-ring (bicyclic) bond motifs is 1. The minimum Gasteiger partial charge on any atom is -0.365 e. The summed E-state index contributed by atoms with van der Waals surface area (Å²) in [6, 6.07) is 17.7. The fourth-order valence-electron chi connectivity index (χ4n) is 3.08. The van der Waals surface area contributed by atoms with Crippen LogP contribution in [0.4, 0.5) is 5.82 Å². The van der Waals surface area contributed by atoms with Gasteiger partial charge in [0.25, 0.3) is 0 Å². The number of anilines is 1. The quantitative estimate of drug-likeness (QED) is 0.499. The molecule has 0 radical (unpaired) electrons. The van der Waals surface area contributed by atoms with Gasteiger partial charge in [0.05, 0.1) is 5.52 Å². The van der Waals surface area contributed by atoms with Crippen molar-refractivity contribution in [2.75, 3.05) is 5.32 Å². The van der Waals surface area contributed by atoms with Crippen molar-refractivity contribution in [1.82, 2.24) is 29.7 Å². The summed E-state index contributed by atoms with van der Waals surface area (Å²) in [5.41, 5.74) is 2.81. The first kappa shape index (κ1) is 17.0. The molecule has 4 heterocycles. The predicted molar refractivity (Wildman–Crippen MR) is 111 cm³/mol. The van der Waals surface area contributed by atoms with Gasteiger partial charge in [-0.15, -0.1) is 0 Å². The van der Waals surface area contributed by atoms with Gasteiger partial charge < -0.3 is 5.32 Å². The Kier molecular flexibility index (Phi) is 4.38. The Morgan fingerprint density at radius 1 is 0.862 bits per heavy atom. The van der Waals surface area contributed by atoms with E-state index < -0.39 is 0 Å². The van der Waals surface area contributed by atoms with Crippen molar-refractivity contribution < 1.29 is 0 Å². The van der Waals surface area contributed by atoms with E-state index in [4.69, 9.17) is 4.98 Å². The van der Waals surface area contributed by atoms with Crippen LogP contribution in [0.5, 0.6) is 0 Å². The number of rotatable bonds is 5. The molecule has 0 aliphatic rings. The maximum atomic E-state index is 4.75. The van der Waals surface area contributed by atoms with Crippen LogP contribution in [0.3, 0.4) is 0 Å². The summed E-state index contributed by atoms with van der Waals surface area (Å²) >= 11 is 0. The molecule has 7 heteroatoms. The number of nitrogens with zero attached hydrogens (tertiary/aromatic N) is 6. The zero-order valence-electron chi connectivity index (χ0n) is 15.5. The predicted octanol–water partition coefficient (Wildman–Crippen LogP) is 3.88. The van der Waals surface area contributed by atoms with Crippen LogP contribution >= 0.6 is 0 Å². The molecule has 0 atom stereocenters. The molecule has 0 aliphatic carbocycles. The maximum Gasteiger partial charge on any atom is 0.163 e. The smallest absolute Gasteiger partial charge is 0.163 e. The Hall–Kier alpha value is -4.13. The van der Waals surface area contributed by atoms with E-state index in [9.17, 15) is 0 Å². The zero-order chi connectivity index (χ0) is 19.5. The van der Waals surface area contributed by atoms with E-state index >= 15 is 0 Å². The molecular formula is C22H17N7. The second-order valence-corrected chi connectivity index (χ2v) is 6.48. The molecule has 0 unspecified atom stereocenters. The molecule has 1 aromatic carbocycles. The minimum atomic E-state index is 0.597. The average molecular weight is 379 g/mol. The van der Waals surface area contributed by atoms with Crippen LogP contribution in [0, 0.1) is 0 Å². The fraction of sp³-hybridized carbons (Fsp3) is 0.0455. The van der Waals surface area contributed by atoms with Gasteiger partial charge in [-0.3, -0.25) is 4.98 Å². The van der Waals surface area contributed by atoms with Gasteiger partial charge in [0.15, 0.2) is 11.6 Å². The summed E-state index contributed by atoms with van der Waals surface area (Å²) in [4.78, 5) is 18.1. The SMILES string of the molecule is c1cncc(-c2nc(NCc3ccc(-n4cccn4)nc3)c3ccccc3n2)c1. The van der Waals surface area contributed by atoms with Gasteiger partial charge in [0, 0.05) is 48.5 Å². The summed E-state index contributed by atoms with van der Waals surface area (Å²) in [7, 11) is 0. The van der Waals surface area contributed by atoms with Crippen molar-refractivity contribution in [1.29, 1.82) is 0 Å². The number of nitrogens with one attached hydrogen (secondary N) is 1. The Labute approximate surface area is 167 Å². The lowest BCUT2D eigenvalue weighted by Crippen LogP contribution is -2.05. The lowest BCUT2D eigenvalue weighted by atomic mass is 10.2. The van der Waals surface area contributed by atoms with Crippen LogP contribution in [-0.2, 0) is 6.54 Å². The van der Waals surface area contributed by atoms with Crippen LogP contribution in [0.2, 0.25) is 0 Å². The number of pyridine rings is 2. The van der Waals surface area contributed by atoms with Crippen LogP contribution < -0.4 is 5.32 Å². The van der Waals surface area contributed by atoms with Gasteiger partial charge in [-0.25, -0.2) is 19.6 Å². The van der Waals surface area contributed by atoms with Crippen LogP contribution in [0.15, 0.2) is 85.6 Å². The lowest BCUT2D eigenvalue weighted by Gasteiger charge is -2.11. The summed E-state index contributed by atoms with van der Waals surface area (Å²) < 4.78 is 1.73. The van der Waals surface area contributed by atoms with E-state index in [2.05, 4.69) is 25.4 Å². The third kappa shape index (κ3) is 3.53. The highest BCUT2D eigenvalue weighted by atomic mass is 15.3. The van der Waals surface area contributed by atoms with Gasteiger partial charge in [-0.05, 0) is 42.0 Å².